The first-order valence-electron chi connectivity index (χ1n) is 12.7. The van der Waals surface area contributed by atoms with Crippen LogP contribution in [0.3, 0.4) is 0 Å². The number of hydrogen-bond donors (Lipinski definition) is 2. The number of phenolic OH excluding ortho intramolecular Hbond substituents is 1. The smallest absolute Gasteiger partial charge is 0.120 e. The molecule has 172 valence electrons. The van der Waals surface area contributed by atoms with E-state index in [9.17, 15) is 5.11 Å². The van der Waals surface area contributed by atoms with E-state index in [1.54, 1.807) is 12.7 Å². The van der Waals surface area contributed by atoms with E-state index in [4.69, 9.17) is 4.74 Å². The van der Waals surface area contributed by atoms with Gasteiger partial charge in [0.05, 0.1) is 7.11 Å². The number of nitrogens with one attached hydrogen (secondary N) is 1. The fraction of sp³-hybridized carbons (Fsp3) is 0.467. The third-order valence-corrected chi connectivity index (χ3v) is 9.47. The zero-order chi connectivity index (χ0) is 22.6. The summed E-state index contributed by atoms with van der Waals surface area (Å²) in [6.07, 6.45) is 7.62. The van der Waals surface area contributed by atoms with Crippen molar-refractivity contribution in [1.29, 1.82) is 0 Å². The highest BCUT2D eigenvalue weighted by Gasteiger charge is 2.54. The van der Waals surface area contributed by atoms with Gasteiger partial charge in [0.15, 0.2) is 0 Å². The maximum atomic E-state index is 10.6. The Balaban J connectivity index is 1.22. The molecule has 5 atom stereocenters. The summed E-state index contributed by atoms with van der Waals surface area (Å²) in [7, 11) is 1.77. The van der Waals surface area contributed by atoms with E-state index in [0.29, 0.717) is 23.1 Å². The van der Waals surface area contributed by atoms with Crippen LogP contribution >= 0.6 is 0 Å². The van der Waals surface area contributed by atoms with Gasteiger partial charge in [0.1, 0.15) is 11.5 Å². The lowest BCUT2D eigenvalue weighted by Crippen LogP contribution is -2.48. The van der Waals surface area contributed by atoms with Gasteiger partial charge in [-0.25, -0.2) is 0 Å². The molecule has 0 heterocycles. The molecule has 3 nitrogen and oxygen atoms in total. The topological polar surface area (TPSA) is 41.5 Å². The van der Waals surface area contributed by atoms with Gasteiger partial charge in [-0.15, -0.1) is 0 Å². The second kappa shape index (κ2) is 8.06. The van der Waals surface area contributed by atoms with Gasteiger partial charge >= 0.3 is 0 Å². The number of ether oxygens (including phenoxy) is 1. The number of hydrogen-bond acceptors (Lipinski definition) is 3. The Morgan fingerprint density at radius 1 is 1.03 bits per heavy atom. The highest BCUT2D eigenvalue weighted by Crippen LogP contribution is 2.61. The molecule has 6 rings (SSSR count). The van der Waals surface area contributed by atoms with E-state index < -0.39 is 0 Å². The summed E-state index contributed by atoms with van der Waals surface area (Å²) in [5.41, 5.74) is 4.48. The highest BCUT2D eigenvalue weighted by atomic mass is 16.5. The highest BCUT2D eigenvalue weighted by molar-refractivity contribution is 5.87. The molecular weight excluding hydrogens is 406 g/mol. The fourth-order valence-corrected chi connectivity index (χ4v) is 7.76. The average molecular weight is 442 g/mol. The Bertz CT molecular complexity index is 1190. The summed E-state index contributed by atoms with van der Waals surface area (Å²) >= 11 is 0. The van der Waals surface area contributed by atoms with Gasteiger partial charge in [-0.3, -0.25) is 0 Å². The molecule has 3 aromatic carbocycles. The Labute approximate surface area is 197 Å². The van der Waals surface area contributed by atoms with Crippen LogP contribution in [0.5, 0.6) is 11.5 Å². The van der Waals surface area contributed by atoms with Crippen molar-refractivity contribution in [3.8, 4) is 11.5 Å². The molecule has 2 fully saturated rings. The monoisotopic (exact) mass is 441 g/mol. The largest absolute Gasteiger partial charge is 0.508 e. The van der Waals surface area contributed by atoms with Crippen molar-refractivity contribution >= 4 is 10.8 Å². The van der Waals surface area contributed by atoms with E-state index >= 15 is 0 Å². The zero-order valence-corrected chi connectivity index (χ0v) is 19.8. The number of rotatable bonds is 4. The first-order chi connectivity index (χ1) is 16.1. The lowest BCUT2D eigenvalue weighted by Gasteiger charge is -2.51. The summed E-state index contributed by atoms with van der Waals surface area (Å²) in [6, 6.07) is 19.5. The molecule has 0 aromatic heterocycles. The fourth-order valence-electron chi connectivity index (χ4n) is 7.76. The Morgan fingerprint density at radius 3 is 2.79 bits per heavy atom. The van der Waals surface area contributed by atoms with Crippen molar-refractivity contribution in [2.45, 2.75) is 64.0 Å². The van der Waals surface area contributed by atoms with Crippen LogP contribution in [0.25, 0.3) is 10.8 Å². The Hall–Kier alpha value is -2.52. The molecule has 0 bridgehead atoms. The Kier molecular flexibility index (Phi) is 5.14. The quantitative estimate of drug-likeness (QED) is 0.481. The number of benzene rings is 3. The van der Waals surface area contributed by atoms with Crippen molar-refractivity contribution in [3.05, 3.63) is 71.3 Å². The van der Waals surface area contributed by atoms with E-state index in [-0.39, 0.29) is 0 Å². The summed E-state index contributed by atoms with van der Waals surface area (Å²) in [6.45, 7) is 3.28. The van der Waals surface area contributed by atoms with Crippen LogP contribution in [0.2, 0.25) is 0 Å². The molecule has 0 radical (unpaired) electrons. The lowest BCUT2D eigenvalue weighted by atomic mass is 9.55. The number of methoxy groups -OCH3 is 1. The molecule has 3 unspecified atom stereocenters. The molecule has 0 amide bonds. The van der Waals surface area contributed by atoms with Crippen LogP contribution in [0.15, 0.2) is 54.6 Å². The van der Waals surface area contributed by atoms with Gasteiger partial charge in [-0.05, 0) is 102 Å². The second-order valence-corrected chi connectivity index (χ2v) is 10.8. The molecule has 3 aliphatic carbocycles. The third-order valence-electron chi connectivity index (χ3n) is 9.47. The normalized spacial score (nSPS) is 30.5. The molecule has 2 N–H and O–H groups in total. The molecule has 0 saturated heterocycles. The number of phenols is 1. The first-order valence-corrected chi connectivity index (χ1v) is 12.7. The van der Waals surface area contributed by atoms with Crippen molar-refractivity contribution in [2.75, 3.05) is 7.11 Å². The molecule has 0 spiro atoms. The summed E-state index contributed by atoms with van der Waals surface area (Å²) in [5, 5.41) is 16.9. The Morgan fingerprint density at radius 2 is 1.91 bits per heavy atom. The first kappa shape index (κ1) is 21.0. The number of aryl methyl sites for hydroxylation is 1. The third kappa shape index (κ3) is 3.35. The molecular formula is C30H35NO2. The molecule has 3 heteroatoms. The van der Waals surface area contributed by atoms with E-state index in [0.717, 1.165) is 35.1 Å². The molecule has 2 saturated carbocycles. The minimum Gasteiger partial charge on any atom is -0.508 e. The summed E-state index contributed by atoms with van der Waals surface area (Å²) in [5.74, 6) is 3.68. The van der Waals surface area contributed by atoms with E-state index in [1.165, 1.54) is 49.5 Å². The minimum absolute atomic E-state index is 0.339. The predicted octanol–water partition coefficient (Wildman–Crippen LogP) is 6.57. The summed E-state index contributed by atoms with van der Waals surface area (Å²) < 4.78 is 5.49. The van der Waals surface area contributed by atoms with Crippen LogP contribution in [0.1, 0.15) is 61.6 Å². The average Bonchev–Trinajstić information content (AvgIpc) is 3.19. The van der Waals surface area contributed by atoms with Gasteiger partial charge < -0.3 is 15.2 Å². The van der Waals surface area contributed by atoms with Crippen LogP contribution in [0, 0.1) is 17.3 Å². The maximum absolute atomic E-state index is 10.6. The van der Waals surface area contributed by atoms with Crippen molar-refractivity contribution in [1.82, 2.24) is 5.32 Å². The zero-order valence-electron chi connectivity index (χ0n) is 19.8. The second-order valence-electron chi connectivity index (χ2n) is 10.8. The van der Waals surface area contributed by atoms with Crippen LogP contribution in [-0.2, 0) is 13.0 Å². The molecule has 3 aromatic rings. The van der Waals surface area contributed by atoms with Gasteiger partial charge in [-0.2, -0.15) is 0 Å². The maximum Gasteiger partial charge on any atom is 0.120 e. The predicted molar refractivity (Wildman–Crippen MR) is 134 cm³/mol. The summed E-state index contributed by atoms with van der Waals surface area (Å²) in [4.78, 5) is 0. The molecule has 0 aliphatic heterocycles. The van der Waals surface area contributed by atoms with E-state index in [1.807, 2.05) is 12.1 Å². The van der Waals surface area contributed by atoms with Crippen LogP contribution < -0.4 is 10.1 Å². The number of fused-ring (bicyclic) bond motifs is 6. The van der Waals surface area contributed by atoms with Crippen molar-refractivity contribution < 1.29 is 9.84 Å². The van der Waals surface area contributed by atoms with Gasteiger partial charge in [0.2, 0.25) is 0 Å². The van der Waals surface area contributed by atoms with Crippen LogP contribution in [-0.4, -0.2) is 18.3 Å². The minimum atomic E-state index is 0.339. The number of aromatic hydroxyl groups is 1. The van der Waals surface area contributed by atoms with Gasteiger partial charge in [0, 0.05) is 18.2 Å². The standard InChI is InChI=1S/C30H35NO2/c1-30-16-15-24-23-11-9-21(33-2)17-20(23)7-10-25(24)27(30)12-14-29(30)31-18-26-22-6-4-3-5-19(22)8-13-28(26)32/h3-6,8-9,11,13,17,24-25,27,29,31-32H,7,10,12,14-16,18H2,1-2H3/t24?,25?,27?,29-,30-/m0/s1. The molecule has 33 heavy (non-hydrogen) atoms. The SMILES string of the molecule is COc1ccc2c(c1)CCC1C2CC[C@@]2(C)C1CC[C@@H]2NCc1c(O)ccc2ccccc12. The van der Waals surface area contributed by atoms with Gasteiger partial charge in [-0.1, -0.05) is 43.3 Å². The van der Waals surface area contributed by atoms with Crippen LogP contribution in [0.4, 0.5) is 0 Å². The van der Waals surface area contributed by atoms with Gasteiger partial charge in [0.25, 0.3) is 0 Å². The van der Waals surface area contributed by atoms with E-state index in [2.05, 4.69) is 54.7 Å². The lowest BCUT2D eigenvalue weighted by molar-refractivity contribution is 0.0408. The van der Waals surface area contributed by atoms with Crippen molar-refractivity contribution in [3.63, 3.8) is 0 Å². The van der Waals surface area contributed by atoms with Crippen molar-refractivity contribution in [2.24, 2.45) is 17.3 Å². The molecule has 3 aliphatic rings.